The lowest BCUT2D eigenvalue weighted by Gasteiger charge is -2.33. The van der Waals surface area contributed by atoms with Gasteiger partial charge in [-0.1, -0.05) is 12.1 Å². The molecule has 1 saturated heterocycles. The van der Waals surface area contributed by atoms with E-state index in [0.717, 1.165) is 36.5 Å². The number of benzene rings is 1. The molecule has 0 radical (unpaired) electrons. The van der Waals surface area contributed by atoms with Gasteiger partial charge in [-0.05, 0) is 56.2 Å². The number of likely N-dealkylation sites (tertiary alicyclic amines) is 1. The van der Waals surface area contributed by atoms with Gasteiger partial charge in [-0.15, -0.1) is 0 Å². The van der Waals surface area contributed by atoms with Crippen LogP contribution in [0.2, 0.25) is 0 Å². The first-order chi connectivity index (χ1) is 15.5. The van der Waals surface area contributed by atoms with Crippen molar-refractivity contribution in [2.75, 3.05) is 18.4 Å². The van der Waals surface area contributed by atoms with E-state index >= 15 is 0 Å². The van der Waals surface area contributed by atoms with E-state index in [1.807, 2.05) is 30.0 Å². The lowest BCUT2D eigenvalue weighted by Crippen LogP contribution is -2.40. The average Bonchev–Trinajstić information content (AvgIpc) is 2.78. The van der Waals surface area contributed by atoms with Gasteiger partial charge in [-0.25, -0.2) is 4.39 Å². The molecule has 2 aromatic heterocycles. The van der Waals surface area contributed by atoms with E-state index in [0.29, 0.717) is 25.2 Å². The van der Waals surface area contributed by atoms with Crippen molar-refractivity contribution in [3.05, 3.63) is 88.4 Å². The first kappa shape index (κ1) is 21.7. The summed E-state index contributed by atoms with van der Waals surface area (Å²) in [7, 11) is 0. The molecule has 1 fully saturated rings. The second kappa shape index (κ2) is 9.77. The number of aryl methyl sites for hydroxylation is 2. The van der Waals surface area contributed by atoms with Crippen LogP contribution in [0.5, 0.6) is 0 Å². The number of carbonyl (C=O) groups excluding carboxylic acids is 1. The SMILES string of the molecule is Cc1cc(Nc2cccc(F)c2)cc([C@@H]2CCCN(C(=O)CCn3ccccc3=O)C2)n1. The van der Waals surface area contributed by atoms with Gasteiger partial charge in [0, 0.05) is 67.0 Å². The number of aromatic nitrogens is 2. The summed E-state index contributed by atoms with van der Waals surface area (Å²) in [4.78, 5) is 31.3. The summed E-state index contributed by atoms with van der Waals surface area (Å²) >= 11 is 0. The Bertz CT molecular complexity index is 1160. The van der Waals surface area contributed by atoms with Gasteiger partial charge in [0.1, 0.15) is 5.82 Å². The third-order valence-corrected chi connectivity index (χ3v) is 5.74. The number of halogens is 1. The van der Waals surface area contributed by atoms with E-state index in [1.54, 1.807) is 29.0 Å². The number of carbonyl (C=O) groups is 1. The fourth-order valence-electron chi connectivity index (χ4n) is 4.17. The van der Waals surface area contributed by atoms with Crippen LogP contribution in [-0.2, 0) is 11.3 Å². The third kappa shape index (κ3) is 5.41. The Kier molecular flexibility index (Phi) is 6.63. The Morgan fingerprint density at radius 2 is 2.03 bits per heavy atom. The number of nitrogens with one attached hydrogen (secondary N) is 1. The van der Waals surface area contributed by atoms with Crippen LogP contribution in [0.15, 0.2) is 65.6 Å². The molecule has 0 saturated carbocycles. The van der Waals surface area contributed by atoms with E-state index in [4.69, 9.17) is 4.98 Å². The van der Waals surface area contributed by atoms with Crippen LogP contribution in [-0.4, -0.2) is 33.4 Å². The van der Waals surface area contributed by atoms with Crippen LogP contribution in [0.1, 0.15) is 36.6 Å². The zero-order valence-corrected chi connectivity index (χ0v) is 18.1. The smallest absolute Gasteiger partial charge is 0.250 e. The molecule has 32 heavy (non-hydrogen) atoms. The van der Waals surface area contributed by atoms with Crippen molar-refractivity contribution in [2.24, 2.45) is 0 Å². The Balaban J connectivity index is 1.43. The van der Waals surface area contributed by atoms with Crippen LogP contribution in [0, 0.1) is 12.7 Å². The molecule has 0 unspecified atom stereocenters. The van der Waals surface area contributed by atoms with Crippen molar-refractivity contribution in [3.8, 4) is 0 Å². The second-order valence-electron chi connectivity index (χ2n) is 8.22. The maximum absolute atomic E-state index is 13.5. The zero-order chi connectivity index (χ0) is 22.5. The van der Waals surface area contributed by atoms with Gasteiger partial charge in [0.05, 0.1) is 0 Å². The molecule has 1 amide bonds. The van der Waals surface area contributed by atoms with Crippen molar-refractivity contribution in [1.82, 2.24) is 14.5 Å². The monoisotopic (exact) mass is 434 g/mol. The summed E-state index contributed by atoms with van der Waals surface area (Å²) < 4.78 is 15.1. The van der Waals surface area contributed by atoms with Crippen molar-refractivity contribution < 1.29 is 9.18 Å². The lowest BCUT2D eigenvalue weighted by molar-refractivity contribution is -0.132. The Hall–Kier alpha value is -3.48. The van der Waals surface area contributed by atoms with E-state index in [-0.39, 0.29) is 23.2 Å². The van der Waals surface area contributed by atoms with Gasteiger partial charge in [0.2, 0.25) is 5.91 Å². The number of pyridine rings is 2. The average molecular weight is 435 g/mol. The number of amides is 1. The number of hydrogen-bond donors (Lipinski definition) is 1. The molecule has 1 aliphatic rings. The quantitative estimate of drug-likeness (QED) is 0.631. The predicted molar refractivity (Wildman–Crippen MR) is 123 cm³/mol. The van der Waals surface area contributed by atoms with Crippen LogP contribution < -0.4 is 10.9 Å². The lowest BCUT2D eigenvalue weighted by atomic mass is 9.93. The van der Waals surface area contributed by atoms with Crippen molar-refractivity contribution in [3.63, 3.8) is 0 Å². The van der Waals surface area contributed by atoms with Crippen molar-refractivity contribution >= 4 is 17.3 Å². The van der Waals surface area contributed by atoms with Gasteiger partial charge < -0.3 is 14.8 Å². The molecule has 0 spiro atoms. The van der Waals surface area contributed by atoms with Crippen LogP contribution >= 0.6 is 0 Å². The van der Waals surface area contributed by atoms with Crippen molar-refractivity contribution in [1.29, 1.82) is 0 Å². The molecule has 4 rings (SSSR count). The van der Waals surface area contributed by atoms with Gasteiger partial charge in [0.15, 0.2) is 0 Å². The topological polar surface area (TPSA) is 67.2 Å². The molecular weight excluding hydrogens is 407 g/mol. The molecule has 0 bridgehead atoms. The van der Waals surface area contributed by atoms with Gasteiger partial charge in [0.25, 0.3) is 5.56 Å². The predicted octanol–water partition coefficient (Wildman–Crippen LogP) is 4.23. The highest BCUT2D eigenvalue weighted by Crippen LogP contribution is 2.29. The fraction of sp³-hybridized carbons (Fsp3) is 0.320. The Labute approximate surface area is 186 Å². The molecule has 3 heterocycles. The van der Waals surface area contributed by atoms with Gasteiger partial charge in [-0.3, -0.25) is 14.6 Å². The maximum Gasteiger partial charge on any atom is 0.250 e. The normalized spacial score (nSPS) is 16.1. The largest absolute Gasteiger partial charge is 0.355 e. The number of rotatable bonds is 6. The zero-order valence-electron chi connectivity index (χ0n) is 18.1. The molecule has 1 atom stereocenters. The first-order valence-electron chi connectivity index (χ1n) is 10.9. The first-order valence-corrected chi connectivity index (χ1v) is 10.9. The van der Waals surface area contributed by atoms with E-state index < -0.39 is 0 Å². The highest BCUT2D eigenvalue weighted by atomic mass is 19.1. The van der Waals surface area contributed by atoms with Gasteiger partial charge in [-0.2, -0.15) is 0 Å². The molecule has 3 aromatic rings. The molecular formula is C25H27FN4O2. The molecule has 6 nitrogen and oxygen atoms in total. The Morgan fingerprint density at radius 3 is 2.84 bits per heavy atom. The molecule has 1 aliphatic heterocycles. The molecule has 0 aliphatic carbocycles. The minimum absolute atomic E-state index is 0.0521. The Morgan fingerprint density at radius 1 is 1.16 bits per heavy atom. The highest BCUT2D eigenvalue weighted by molar-refractivity contribution is 5.76. The standard InChI is InChI=1S/C25H27FN4O2/c1-18-14-22(28-21-8-4-7-20(26)15-21)16-23(27-18)19-6-5-12-30(17-19)25(32)10-13-29-11-3-2-9-24(29)31/h2-4,7-9,11,14-16,19H,5-6,10,12-13,17H2,1H3,(H,27,28)/t19-/m1/s1. The second-order valence-corrected chi connectivity index (χ2v) is 8.22. The number of hydrogen-bond acceptors (Lipinski definition) is 4. The molecule has 7 heteroatoms. The van der Waals surface area contributed by atoms with Crippen LogP contribution in [0.4, 0.5) is 15.8 Å². The summed E-state index contributed by atoms with van der Waals surface area (Å²) in [5, 5.41) is 3.25. The van der Waals surface area contributed by atoms with E-state index in [2.05, 4.69) is 5.32 Å². The summed E-state index contributed by atoms with van der Waals surface area (Å²) in [5.41, 5.74) is 3.23. The van der Waals surface area contributed by atoms with Crippen molar-refractivity contribution in [2.45, 2.75) is 38.6 Å². The molecule has 1 N–H and O–H groups in total. The fourth-order valence-corrected chi connectivity index (χ4v) is 4.17. The number of anilines is 2. The van der Waals surface area contributed by atoms with E-state index in [1.165, 1.54) is 18.2 Å². The highest BCUT2D eigenvalue weighted by Gasteiger charge is 2.26. The van der Waals surface area contributed by atoms with Crippen LogP contribution in [0.25, 0.3) is 0 Å². The maximum atomic E-state index is 13.5. The minimum Gasteiger partial charge on any atom is -0.355 e. The van der Waals surface area contributed by atoms with E-state index in [9.17, 15) is 14.0 Å². The third-order valence-electron chi connectivity index (χ3n) is 5.74. The number of piperidine rings is 1. The number of nitrogens with zero attached hydrogens (tertiary/aromatic N) is 3. The summed E-state index contributed by atoms with van der Waals surface area (Å²) in [5.74, 6) is -0.100. The summed E-state index contributed by atoms with van der Waals surface area (Å²) in [6.07, 6.45) is 3.87. The molecule has 1 aromatic carbocycles. The summed E-state index contributed by atoms with van der Waals surface area (Å²) in [6, 6.07) is 15.3. The molecule has 166 valence electrons. The minimum atomic E-state index is -0.291. The van der Waals surface area contributed by atoms with Gasteiger partial charge >= 0.3 is 0 Å². The van der Waals surface area contributed by atoms with Crippen LogP contribution in [0.3, 0.4) is 0 Å². The summed E-state index contributed by atoms with van der Waals surface area (Å²) in [6.45, 7) is 3.64.